The number of hydrogen-bond acceptors (Lipinski definition) is 4. The second kappa shape index (κ2) is 8.24. The first-order chi connectivity index (χ1) is 15.8. The molecular weight excluding hydrogens is 438 g/mol. The summed E-state index contributed by atoms with van der Waals surface area (Å²) in [5.41, 5.74) is 1.67. The molecule has 3 aromatic rings. The number of H-pyrrole nitrogens is 1. The maximum absolute atomic E-state index is 14.1. The number of alkyl halides is 3. The average molecular weight is 459 g/mol. The van der Waals surface area contributed by atoms with Gasteiger partial charge in [0.15, 0.2) is 11.8 Å². The van der Waals surface area contributed by atoms with Crippen molar-refractivity contribution in [3.8, 4) is 0 Å². The summed E-state index contributed by atoms with van der Waals surface area (Å²) in [5.74, 6) is -2.87. The molecule has 1 saturated carbocycles. The van der Waals surface area contributed by atoms with Gasteiger partial charge in [-0.15, -0.1) is 0 Å². The molecule has 1 fully saturated rings. The number of nitrogens with one attached hydrogen (secondary N) is 1. The molecule has 0 spiro atoms. The van der Waals surface area contributed by atoms with Crippen molar-refractivity contribution < 1.29 is 17.6 Å². The number of benzene rings is 1. The van der Waals surface area contributed by atoms with Crippen molar-refractivity contribution in [2.45, 2.75) is 50.2 Å². The molecule has 1 atom stereocenters. The van der Waals surface area contributed by atoms with Crippen LogP contribution >= 0.6 is 0 Å². The number of nitrogens with zero attached hydrogens (tertiary/aromatic N) is 4. The molecule has 2 aliphatic rings. The predicted octanol–water partition coefficient (Wildman–Crippen LogP) is 4.41. The summed E-state index contributed by atoms with van der Waals surface area (Å²) in [6.45, 7) is 0.265. The molecule has 1 aliphatic heterocycles. The van der Waals surface area contributed by atoms with Gasteiger partial charge in [-0.1, -0.05) is 6.07 Å². The zero-order valence-corrected chi connectivity index (χ0v) is 17.6. The van der Waals surface area contributed by atoms with Gasteiger partial charge in [0.05, 0.1) is 18.8 Å². The summed E-state index contributed by atoms with van der Waals surface area (Å²) < 4.78 is 56.6. The molecule has 6 nitrogen and oxygen atoms in total. The molecule has 33 heavy (non-hydrogen) atoms. The molecule has 5 rings (SSSR count). The van der Waals surface area contributed by atoms with Crippen LogP contribution in [0.15, 0.2) is 40.3 Å². The topological polar surface area (TPSA) is 75.9 Å². The van der Waals surface area contributed by atoms with E-state index in [1.807, 2.05) is 0 Å². The lowest BCUT2D eigenvalue weighted by molar-refractivity contribution is -0.0446. The molecule has 10 heteroatoms. The highest BCUT2D eigenvalue weighted by atomic mass is 19.3. The Kier molecular flexibility index (Phi) is 5.38. The van der Waals surface area contributed by atoms with E-state index in [-0.39, 0.29) is 55.9 Å². The van der Waals surface area contributed by atoms with E-state index >= 15 is 0 Å². The van der Waals surface area contributed by atoms with E-state index in [0.717, 1.165) is 0 Å². The van der Waals surface area contributed by atoms with Crippen molar-refractivity contribution in [3.63, 3.8) is 0 Å². The van der Waals surface area contributed by atoms with Crippen molar-refractivity contribution in [2.75, 3.05) is 6.54 Å². The van der Waals surface area contributed by atoms with E-state index in [4.69, 9.17) is 0 Å². The van der Waals surface area contributed by atoms with Crippen LogP contribution in [-0.4, -0.2) is 44.6 Å². The fraction of sp³-hybridized carbons (Fsp3) is 0.391. The van der Waals surface area contributed by atoms with Crippen molar-refractivity contribution >= 4 is 22.8 Å². The van der Waals surface area contributed by atoms with Gasteiger partial charge in [0.1, 0.15) is 17.0 Å². The third-order valence-electron chi connectivity index (χ3n) is 6.19. The van der Waals surface area contributed by atoms with Gasteiger partial charge in [-0.3, -0.25) is 9.79 Å². The quantitative estimate of drug-likeness (QED) is 0.588. The molecule has 0 bridgehead atoms. The molecule has 1 aromatic carbocycles. The van der Waals surface area contributed by atoms with Crippen molar-refractivity contribution in [2.24, 2.45) is 4.99 Å². The normalized spacial score (nSPS) is 20.8. The summed E-state index contributed by atoms with van der Waals surface area (Å²) in [7, 11) is 0. The van der Waals surface area contributed by atoms with Crippen LogP contribution in [0.5, 0.6) is 0 Å². The van der Waals surface area contributed by atoms with Crippen LogP contribution in [-0.2, 0) is 6.42 Å². The molecule has 0 radical (unpaired) electrons. The average Bonchev–Trinajstić information content (AvgIpc) is 3.18. The lowest BCUT2D eigenvalue weighted by Crippen LogP contribution is -2.27. The third-order valence-corrected chi connectivity index (χ3v) is 6.19. The van der Waals surface area contributed by atoms with Crippen LogP contribution < -0.4 is 5.56 Å². The van der Waals surface area contributed by atoms with Gasteiger partial charge in [-0.2, -0.15) is 5.10 Å². The van der Waals surface area contributed by atoms with Gasteiger partial charge in [0.2, 0.25) is 5.92 Å². The second-order valence-corrected chi connectivity index (χ2v) is 8.53. The van der Waals surface area contributed by atoms with E-state index in [1.165, 1.54) is 30.6 Å². The van der Waals surface area contributed by atoms with Crippen LogP contribution in [0.25, 0.3) is 16.6 Å². The van der Waals surface area contributed by atoms with Crippen LogP contribution in [0.2, 0.25) is 0 Å². The molecule has 1 aliphatic carbocycles. The second-order valence-electron chi connectivity index (χ2n) is 8.53. The molecule has 3 heterocycles. The Hall–Kier alpha value is -3.30. The van der Waals surface area contributed by atoms with Gasteiger partial charge in [-0.05, 0) is 47.8 Å². The highest BCUT2D eigenvalue weighted by molar-refractivity contribution is 5.80. The highest BCUT2D eigenvalue weighted by Crippen LogP contribution is 2.38. The predicted molar refractivity (Wildman–Crippen MR) is 116 cm³/mol. The molecule has 2 aromatic heterocycles. The molecular formula is C23H21F4N5O. The Morgan fingerprint density at radius 3 is 2.76 bits per heavy atom. The Labute approximate surface area is 186 Å². The zero-order chi connectivity index (χ0) is 23.2. The van der Waals surface area contributed by atoms with Crippen molar-refractivity contribution in [1.29, 1.82) is 0 Å². The number of hydrogen-bond donors (Lipinski definition) is 1. The number of aromatic nitrogens is 4. The standard InChI is InChI=1S/C23H21F4N5O/c24-15-1-2-18(14-8-16(25)11-28-10-14)13(7-15)9-20-30-21-19(22(33)31-20)12-29-32(21)17-3-5-23(26,27)6-4-17/h1-2,7-8,11-12,16-17H,3-6,9-10H2,(H,30,31,33). The summed E-state index contributed by atoms with van der Waals surface area (Å²) >= 11 is 0. The Bertz CT molecular complexity index is 1320. The van der Waals surface area contributed by atoms with E-state index in [1.54, 1.807) is 10.7 Å². The van der Waals surface area contributed by atoms with E-state index in [9.17, 15) is 22.4 Å². The number of allylic oxidation sites excluding steroid dienone is 1. The monoisotopic (exact) mass is 459 g/mol. The fourth-order valence-electron chi connectivity index (χ4n) is 4.52. The molecule has 172 valence electrons. The number of aromatic amines is 1. The van der Waals surface area contributed by atoms with Crippen molar-refractivity contribution in [1.82, 2.24) is 19.7 Å². The van der Waals surface area contributed by atoms with E-state index in [2.05, 4.69) is 20.1 Å². The fourth-order valence-corrected chi connectivity index (χ4v) is 4.52. The zero-order valence-electron chi connectivity index (χ0n) is 17.6. The summed E-state index contributed by atoms with van der Waals surface area (Å²) in [6.07, 6.45) is 2.78. The molecule has 1 N–H and O–H groups in total. The largest absolute Gasteiger partial charge is 0.310 e. The van der Waals surface area contributed by atoms with Crippen molar-refractivity contribution in [3.05, 3.63) is 63.6 Å². The van der Waals surface area contributed by atoms with Crippen LogP contribution in [0.4, 0.5) is 17.6 Å². The van der Waals surface area contributed by atoms with E-state index < -0.39 is 23.5 Å². The number of aliphatic imine (C=N–C) groups is 1. The first kappa shape index (κ1) is 21.5. The number of rotatable bonds is 4. The lowest BCUT2D eigenvalue weighted by Gasteiger charge is -2.28. The van der Waals surface area contributed by atoms with E-state index in [0.29, 0.717) is 22.3 Å². The number of fused-ring (bicyclic) bond motifs is 1. The smallest absolute Gasteiger partial charge is 0.262 e. The van der Waals surface area contributed by atoms with Gasteiger partial charge in [-0.25, -0.2) is 27.2 Å². The molecule has 0 amide bonds. The van der Waals surface area contributed by atoms with Crippen LogP contribution in [0, 0.1) is 5.82 Å². The van der Waals surface area contributed by atoms with Gasteiger partial charge < -0.3 is 4.98 Å². The van der Waals surface area contributed by atoms with Gasteiger partial charge in [0.25, 0.3) is 5.56 Å². The molecule has 0 saturated heterocycles. The minimum Gasteiger partial charge on any atom is -0.310 e. The Balaban J connectivity index is 1.51. The van der Waals surface area contributed by atoms with Crippen LogP contribution in [0.3, 0.4) is 0 Å². The minimum atomic E-state index is -2.68. The minimum absolute atomic E-state index is 0.0875. The number of dihydropyridines is 1. The summed E-state index contributed by atoms with van der Waals surface area (Å²) in [4.78, 5) is 23.9. The van der Waals surface area contributed by atoms with Gasteiger partial charge >= 0.3 is 0 Å². The Morgan fingerprint density at radius 1 is 1.21 bits per heavy atom. The Morgan fingerprint density at radius 2 is 2.00 bits per heavy atom. The first-order valence-corrected chi connectivity index (χ1v) is 10.8. The first-order valence-electron chi connectivity index (χ1n) is 10.8. The summed E-state index contributed by atoms with van der Waals surface area (Å²) in [6, 6.07) is 3.90. The lowest BCUT2D eigenvalue weighted by atomic mass is 9.92. The maximum Gasteiger partial charge on any atom is 0.262 e. The van der Waals surface area contributed by atoms with Gasteiger partial charge in [0, 0.05) is 25.5 Å². The molecule has 1 unspecified atom stereocenters. The third kappa shape index (κ3) is 4.34. The SMILES string of the molecule is O=c1[nH]c(Cc2cc(F)ccc2C2=CC(F)C=NC2)nc2c1cnn2C1CCC(F)(F)CC1. The summed E-state index contributed by atoms with van der Waals surface area (Å²) in [5, 5.41) is 4.52. The maximum atomic E-state index is 14.1. The highest BCUT2D eigenvalue weighted by Gasteiger charge is 2.36. The van der Waals surface area contributed by atoms with Crippen LogP contribution in [0.1, 0.15) is 48.7 Å². The number of halogens is 4.